The van der Waals surface area contributed by atoms with Crippen LogP contribution in [-0.2, 0) is 11.3 Å². The van der Waals surface area contributed by atoms with Gasteiger partial charge in [-0.2, -0.15) is 0 Å². The number of benzene rings is 1. The van der Waals surface area contributed by atoms with Gasteiger partial charge in [0.2, 0.25) is 5.91 Å². The van der Waals surface area contributed by atoms with Crippen LogP contribution in [0.1, 0.15) is 22.3 Å². The predicted molar refractivity (Wildman–Crippen MR) is 77.5 cm³/mol. The van der Waals surface area contributed by atoms with Crippen LogP contribution in [-0.4, -0.2) is 32.5 Å². The highest BCUT2D eigenvalue weighted by atomic mass is 35.5. The van der Waals surface area contributed by atoms with Gasteiger partial charge in [-0.15, -0.1) is 12.4 Å². The second-order valence-electron chi connectivity index (χ2n) is 3.91. The van der Waals surface area contributed by atoms with E-state index in [0.717, 1.165) is 5.56 Å². The topological polar surface area (TPSA) is 70.2 Å². The summed E-state index contributed by atoms with van der Waals surface area (Å²) in [6.07, 6.45) is 0.465. The third-order valence-corrected chi connectivity index (χ3v) is 2.53. The lowest BCUT2D eigenvalue weighted by Gasteiger charge is -2.06. The highest BCUT2D eigenvalue weighted by Crippen LogP contribution is 2.04. The maximum absolute atomic E-state index is 11.4. The fraction of sp³-hybridized carbons (Fsp3) is 0.385. The van der Waals surface area contributed by atoms with Crippen LogP contribution in [0, 0.1) is 0 Å². The van der Waals surface area contributed by atoms with Gasteiger partial charge >= 0.3 is 0 Å². The molecule has 0 saturated heterocycles. The molecule has 0 atom stereocenters. The first-order valence-electron chi connectivity index (χ1n) is 5.89. The fourth-order valence-corrected chi connectivity index (χ4v) is 1.45. The Morgan fingerprint density at radius 1 is 1.11 bits per heavy atom. The monoisotopic (exact) mass is 285 g/mol. The number of carbonyl (C=O) groups excluding carboxylic acids is 2. The van der Waals surface area contributed by atoms with Crippen LogP contribution >= 0.6 is 12.4 Å². The summed E-state index contributed by atoms with van der Waals surface area (Å²) in [6, 6.07) is 7.16. The molecule has 0 heterocycles. The summed E-state index contributed by atoms with van der Waals surface area (Å²) in [5.74, 6) is -0.0978. The van der Waals surface area contributed by atoms with Gasteiger partial charge < -0.3 is 16.0 Å². The molecule has 1 aromatic rings. The molecule has 0 aromatic heterocycles. The van der Waals surface area contributed by atoms with Crippen LogP contribution < -0.4 is 16.0 Å². The maximum Gasteiger partial charge on any atom is 0.251 e. The summed E-state index contributed by atoms with van der Waals surface area (Å²) in [4.78, 5) is 22.7. The minimum atomic E-state index is -0.111. The molecule has 3 N–H and O–H groups in total. The molecule has 0 aliphatic carbocycles. The molecule has 0 fully saturated rings. The first-order valence-corrected chi connectivity index (χ1v) is 5.89. The minimum absolute atomic E-state index is 0. The van der Waals surface area contributed by atoms with E-state index >= 15 is 0 Å². The lowest BCUT2D eigenvalue weighted by atomic mass is 10.1. The van der Waals surface area contributed by atoms with Crippen molar-refractivity contribution in [1.82, 2.24) is 16.0 Å². The molecule has 1 rings (SSSR count). The van der Waals surface area contributed by atoms with Crippen molar-refractivity contribution in [1.29, 1.82) is 0 Å². The van der Waals surface area contributed by atoms with Crippen molar-refractivity contribution in [2.24, 2.45) is 0 Å². The molecule has 0 bridgehead atoms. The summed E-state index contributed by atoms with van der Waals surface area (Å²) in [6.45, 7) is 1.15. The zero-order chi connectivity index (χ0) is 13.4. The molecule has 0 aliphatic heterocycles. The third kappa shape index (κ3) is 6.22. The average molecular weight is 286 g/mol. The lowest BCUT2D eigenvalue weighted by molar-refractivity contribution is -0.121. The number of carbonyl (C=O) groups is 2. The Labute approximate surface area is 119 Å². The van der Waals surface area contributed by atoms with Crippen LogP contribution in [0.5, 0.6) is 0 Å². The molecule has 19 heavy (non-hydrogen) atoms. The highest BCUT2D eigenvalue weighted by molar-refractivity contribution is 5.93. The van der Waals surface area contributed by atoms with Gasteiger partial charge in [-0.05, 0) is 24.7 Å². The summed E-state index contributed by atoms with van der Waals surface area (Å²) in [5, 5.41) is 8.29. The first kappa shape index (κ1) is 17.4. The van der Waals surface area contributed by atoms with E-state index in [9.17, 15) is 9.59 Å². The van der Waals surface area contributed by atoms with E-state index < -0.39 is 0 Å². The van der Waals surface area contributed by atoms with Crippen molar-refractivity contribution in [2.75, 3.05) is 20.6 Å². The Morgan fingerprint density at radius 2 is 1.74 bits per heavy atom. The average Bonchev–Trinajstić information content (AvgIpc) is 2.42. The zero-order valence-electron chi connectivity index (χ0n) is 11.2. The van der Waals surface area contributed by atoms with Crippen molar-refractivity contribution in [3.8, 4) is 0 Å². The molecule has 106 valence electrons. The third-order valence-electron chi connectivity index (χ3n) is 2.53. The SMILES string of the molecule is CNCCC(=O)NCc1ccc(C(=O)NC)cc1.Cl. The van der Waals surface area contributed by atoms with Gasteiger partial charge in [0.25, 0.3) is 5.91 Å². The number of halogens is 1. The second-order valence-corrected chi connectivity index (χ2v) is 3.91. The number of hydrogen-bond acceptors (Lipinski definition) is 3. The second kappa shape index (κ2) is 9.35. The van der Waals surface area contributed by atoms with Gasteiger partial charge in [-0.1, -0.05) is 12.1 Å². The zero-order valence-corrected chi connectivity index (χ0v) is 12.0. The smallest absolute Gasteiger partial charge is 0.251 e. The summed E-state index contributed by atoms with van der Waals surface area (Å²) < 4.78 is 0. The van der Waals surface area contributed by atoms with Gasteiger partial charge in [-0.25, -0.2) is 0 Å². The van der Waals surface area contributed by atoms with E-state index in [1.807, 2.05) is 19.2 Å². The van der Waals surface area contributed by atoms with Crippen molar-refractivity contribution in [3.63, 3.8) is 0 Å². The van der Waals surface area contributed by atoms with Gasteiger partial charge in [-0.3, -0.25) is 9.59 Å². The van der Waals surface area contributed by atoms with Gasteiger partial charge in [0.1, 0.15) is 0 Å². The van der Waals surface area contributed by atoms with E-state index in [2.05, 4.69) is 16.0 Å². The molecule has 0 saturated carbocycles. The van der Waals surface area contributed by atoms with Crippen molar-refractivity contribution in [3.05, 3.63) is 35.4 Å². The van der Waals surface area contributed by atoms with Gasteiger partial charge in [0.05, 0.1) is 0 Å². The molecule has 2 amide bonds. The van der Waals surface area contributed by atoms with E-state index in [-0.39, 0.29) is 24.2 Å². The summed E-state index contributed by atoms with van der Waals surface area (Å²) >= 11 is 0. The minimum Gasteiger partial charge on any atom is -0.355 e. The predicted octanol–water partition coefficient (Wildman–Crippen LogP) is 0.694. The number of amides is 2. The van der Waals surface area contributed by atoms with Crippen LogP contribution in [0.3, 0.4) is 0 Å². The Balaban J connectivity index is 0.00000324. The van der Waals surface area contributed by atoms with Crippen molar-refractivity contribution in [2.45, 2.75) is 13.0 Å². The summed E-state index contributed by atoms with van der Waals surface area (Å²) in [7, 11) is 3.41. The van der Waals surface area contributed by atoms with Crippen LogP contribution in [0.25, 0.3) is 0 Å². The fourth-order valence-electron chi connectivity index (χ4n) is 1.45. The number of rotatable bonds is 6. The quantitative estimate of drug-likeness (QED) is 0.720. The molecular formula is C13H20ClN3O2. The Hall–Kier alpha value is -1.59. The van der Waals surface area contributed by atoms with E-state index in [1.54, 1.807) is 19.2 Å². The maximum atomic E-state index is 11.4. The summed E-state index contributed by atoms with van der Waals surface area (Å²) in [5.41, 5.74) is 1.59. The first-order chi connectivity index (χ1) is 8.67. The Morgan fingerprint density at radius 3 is 2.26 bits per heavy atom. The highest BCUT2D eigenvalue weighted by Gasteiger charge is 2.03. The number of hydrogen-bond donors (Lipinski definition) is 3. The molecule has 5 nitrogen and oxygen atoms in total. The lowest BCUT2D eigenvalue weighted by Crippen LogP contribution is -2.26. The van der Waals surface area contributed by atoms with Crippen molar-refractivity contribution >= 4 is 24.2 Å². The molecule has 1 aromatic carbocycles. The Kier molecular flexibility index (Phi) is 8.57. The van der Waals surface area contributed by atoms with Crippen molar-refractivity contribution < 1.29 is 9.59 Å². The number of nitrogens with one attached hydrogen (secondary N) is 3. The van der Waals surface area contributed by atoms with Gasteiger partial charge in [0.15, 0.2) is 0 Å². The molecule has 0 radical (unpaired) electrons. The van der Waals surface area contributed by atoms with E-state index in [4.69, 9.17) is 0 Å². The Bertz CT molecular complexity index is 407. The van der Waals surface area contributed by atoms with Crippen LogP contribution in [0.4, 0.5) is 0 Å². The van der Waals surface area contributed by atoms with E-state index in [1.165, 1.54) is 0 Å². The van der Waals surface area contributed by atoms with Crippen LogP contribution in [0.2, 0.25) is 0 Å². The largest absolute Gasteiger partial charge is 0.355 e. The van der Waals surface area contributed by atoms with Crippen LogP contribution in [0.15, 0.2) is 24.3 Å². The molecule has 0 spiro atoms. The molecular weight excluding hydrogens is 266 g/mol. The normalized spacial score (nSPS) is 9.37. The molecule has 0 unspecified atom stereocenters. The van der Waals surface area contributed by atoms with E-state index in [0.29, 0.717) is 25.1 Å². The molecule has 0 aliphatic rings. The standard InChI is InChI=1S/C13H19N3O2.ClH/c1-14-8-7-12(17)16-9-10-3-5-11(6-4-10)13(18)15-2;/h3-6,14H,7-9H2,1-2H3,(H,15,18)(H,16,17);1H. The van der Waals surface area contributed by atoms with Gasteiger partial charge in [0, 0.05) is 32.1 Å². The molecule has 6 heteroatoms.